The molecule has 1 amide bonds. The maximum atomic E-state index is 12.3. The minimum atomic E-state index is -0.00257. The first-order valence-corrected chi connectivity index (χ1v) is 8.13. The minimum absolute atomic E-state index is 0.00257. The van der Waals surface area contributed by atoms with E-state index in [2.05, 4.69) is 10.3 Å². The predicted molar refractivity (Wildman–Crippen MR) is 84.5 cm³/mol. The fourth-order valence-electron chi connectivity index (χ4n) is 3.44. The molecule has 2 bridgehead atoms. The number of nitrogens with zero attached hydrogens (tertiary/aromatic N) is 1. The number of nitrogens with one attached hydrogen (secondary N) is 1. The van der Waals surface area contributed by atoms with Crippen LogP contribution in [-0.2, 0) is 16.1 Å². The number of amides is 1. The Balaban J connectivity index is 1.36. The van der Waals surface area contributed by atoms with Crippen LogP contribution in [0.15, 0.2) is 34.9 Å². The van der Waals surface area contributed by atoms with E-state index in [-0.39, 0.29) is 24.0 Å². The highest BCUT2D eigenvalue weighted by molar-refractivity contribution is 5.79. The van der Waals surface area contributed by atoms with Crippen LogP contribution in [0.25, 0.3) is 11.5 Å². The quantitative estimate of drug-likeness (QED) is 0.943. The first-order chi connectivity index (χ1) is 11.2. The van der Waals surface area contributed by atoms with Gasteiger partial charge < -0.3 is 14.5 Å². The number of carbonyl (C=O) groups excluding carboxylic acids is 1. The Hall–Kier alpha value is -2.14. The normalized spacial score (nSPS) is 25.7. The van der Waals surface area contributed by atoms with E-state index in [1.54, 1.807) is 6.26 Å². The number of ether oxygens (including phenoxy) is 1. The van der Waals surface area contributed by atoms with E-state index in [0.29, 0.717) is 12.4 Å². The molecule has 1 aromatic carbocycles. The summed E-state index contributed by atoms with van der Waals surface area (Å²) in [5, 5.41) is 2.96. The monoisotopic (exact) mass is 312 g/mol. The zero-order valence-electron chi connectivity index (χ0n) is 13.1. The van der Waals surface area contributed by atoms with E-state index in [4.69, 9.17) is 9.15 Å². The molecule has 0 radical (unpaired) electrons. The molecule has 2 saturated heterocycles. The molecule has 3 heterocycles. The van der Waals surface area contributed by atoms with Gasteiger partial charge in [0, 0.05) is 5.56 Å². The second-order valence-electron chi connectivity index (χ2n) is 6.44. The Kier molecular flexibility index (Phi) is 3.65. The zero-order chi connectivity index (χ0) is 15.8. The van der Waals surface area contributed by atoms with Gasteiger partial charge in [-0.15, -0.1) is 0 Å². The van der Waals surface area contributed by atoms with Crippen LogP contribution in [0.3, 0.4) is 0 Å². The maximum Gasteiger partial charge on any atom is 0.226 e. The topological polar surface area (TPSA) is 64.4 Å². The smallest absolute Gasteiger partial charge is 0.226 e. The van der Waals surface area contributed by atoms with E-state index in [1.807, 2.05) is 31.2 Å². The maximum absolute atomic E-state index is 12.3. The number of rotatable bonds is 4. The van der Waals surface area contributed by atoms with Gasteiger partial charge in [-0.05, 0) is 38.3 Å². The molecule has 23 heavy (non-hydrogen) atoms. The summed E-state index contributed by atoms with van der Waals surface area (Å²) in [5.41, 5.74) is 2.87. The number of hydrogen-bond donors (Lipinski definition) is 1. The Labute approximate surface area is 135 Å². The largest absolute Gasteiger partial charge is 0.444 e. The van der Waals surface area contributed by atoms with Gasteiger partial charge >= 0.3 is 0 Å². The molecule has 4 rings (SSSR count). The van der Waals surface area contributed by atoms with Crippen molar-refractivity contribution in [3.05, 3.63) is 41.8 Å². The third-order valence-corrected chi connectivity index (χ3v) is 4.74. The average Bonchev–Trinajstić information content (AvgIpc) is 3.29. The summed E-state index contributed by atoms with van der Waals surface area (Å²) < 4.78 is 11.2. The Bertz CT molecular complexity index is 707. The second kappa shape index (κ2) is 5.81. The van der Waals surface area contributed by atoms with Crippen molar-refractivity contribution in [3.63, 3.8) is 0 Å². The van der Waals surface area contributed by atoms with Gasteiger partial charge in [0.05, 0.1) is 30.4 Å². The first kappa shape index (κ1) is 14.5. The lowest BCUT2D eigenvalue weighted by molar-refractivity contribution is -0.126. The lowest BCUT2D eigenvalue weighted by Crippen LogP contribution is -2.35. The fourth-order valence-corrected chi connectivity index (χ4v) is 3.44. The summed E-state index contributed by atoms with van der Waals surface area (Å²) in [4.78, 5) is 16.7. The van der Waals surface area contributed by atoms with Crippen LogP contribution < -0.4 is 5.32 Å². The number of hydrogen-bond acceptors (Lipinski definition) is 4. The predicted octanol–water partition coefficient (Wildman–Crippen LogP) is 2.83. The Morgan fingerprint density at radius 1 is 1.30 bits per heavy atom. The van der Waals surface area contributed by atoms with Crippen molar-refractivity contribution in [2.75, 3.05) is 0 Å². The second-order valence-corrected chi connectivity index (χ2v) is 6.44. The molecule has 0 aliphatic carbocycles. The molecule has 2 aromatic rings. The fraction of sp³-hybridized carbons (Fsp3) is 0.444. The van der Waals surface area contributed by atoms with Gasteiger partial charge in [0.15, 0.2) is 0 Å². The molecular weight excluding hydrogens is 292 g/mol. The number of aromatic nitrogens is 1. The molecule has 2 fully saturated rings. The van der Waals surface area contributed by atoms with Crippen molar-refractivity contribution in [1.29, 1.82) is 0 Å². The van der Waals surface area contributed by atoms with E-state index >= 15 is 0 Å². The van der Waals surface area contributed by atoms with Gasteiger partial charge in [0.2, 0.25) is 11.8 Å². The number of oxazole rings is 1. The Morgan fingerprint density at radius 2 is 2.13 bits per heavy atom. The number of aryl methyl sites for hydroxylation is 1. The molecule has 0 unspecified atom stereocenters. The van der Waals surface area contributed by atoms with E-state index in [0.717, 1.165) is 30.5 Å². The molecule has 3 atom stereocenters. The molecule has 1 N–H and O–H groups in total. The van der Waals surface area contributed by atoms with Gasteiger partial charge in [-0.2, -0.15) is 0 Å². The van der Waals surface area contributed by atoms with Gasteiger partial charge in [0.1, 0.15) is 6.26 Å². The summed E-state index contributed by atoms with van der Waals surface area (Å²) in [6, 6.07) is 8.01. The van der Waals surface area contributed by atoms with Crippen LogP contribution in [0, 0.1) is 12.8 Å². The van der Waals surface area contributed by atoms with Crippen LogP contribution >= 0.6 is 0 Å². The average molecular weight is 312 g/mol. The molecule has 2 aliphatic heterocycles. The summed E-state index contributed by atoms with van der Waals surface area (Å²) in [6.45, 7) is 2.43. The van der Waals surface area contributed by atoms with E-state index in [1.165, 1.54) is 5.56 Å². The number of fused-ring (bicyclic) bond motifs is 2. The van der Waals surface area contributed by atoms with E-state index < -0.39 is 0 Å². The van der Waals surface area contributed by atoms with Crippen LogP contribution in [0.4, 0.5) is 0 Å². The summed E-state index contributed by atoms with van der Waals surface area (Å²) in [6.07, 6.45) is 4.95. The highest BCUT2D eigenvalue weighted by Gasteiger charge is 2.44. The van der Waals surface area contributed by atoms with Crippen molar-refractivity contribution in [2.45, 2.75) is 44.9 Å². The summed E-state index contributed by atoms with van der Waals surface area (Å²) in [7, 11) is 0. The summed E-state index contributed by atoms with van der Waals surface area (Å²) >= 11 is 0. The van der Waals surface area contributed by atoms with Gasteiger partial charge in [-0.1, -0.05) is 17.7 Å². The van der Waals surface area contributed by atoms with Crippen LogP contribution in [0.2, 0.25) is 0 Å². The van der Waals surface area contributed by atoms with Gasteiger partial charge in [0.25, 0.3) is 0 Å². The van der Waals surface area contributed by atoms with Crippen LogP contribution in [0.5, 0.6) is 0 Å². The SMILES string of the molecule is Cc1ccc(-c2nc(CNC(=O)[C@@H]3C[C@H]4CC[C@H]3O4)co2)cc1. The lowest BCUT2D eigenvalue weighted by Gasteiger charge is -2.17. The van der Waals surface area contributed by atoms with Gasteiger partial charge in [-0.25, -0.2) is 4.98 Å². The molecule has 120 valence electrons. The van der Waals surface area contributed by atoms with Crippen molar-refractivity contribution >= 4 is 5.91 Å². The molecule has 2 aliphatic rings. The third kappa shape index (κ3) is 2.88. The van der Waals surface area contributed by atoms with Crippen molar-refractivity contribution in [2.24, 2.45) is 5.92 Å². The van der Waals surface area contributed by atoms with E-state index in [9.17, 15) is 4.79 Å². The third-order valence-electron chi connectivity index (χ3n) is 4.74. The van der Waals surface area contributed by atoms with Crippen molar-refractivity contribution < 1.29 is 13.9 Å². The Morgan fingerprint density at radius 3 is 2.83 bits per heavy atom. The number of carbonyl (C=O) groups is 1. The number of benzene rings is 1. The van der Waals surface area contributed by atoms with Crippen LogP contribution in [0.1, 0.15) is 30.5 Å². The highest BCUT2D eigenvalue weighted by Crippen LogP contribution is 2.38. The molecular formula is C18H20N2O3. The molecule has 5 heteroatoms. The molecule has 0 spiro atoms. The van der Waals surface area contributed by atoms with Gasteiger partial charge in [-0.3, -0.25) is 4.79 Å². The zero-order valence-corrected chi connectivity index (χ0v) is 13.1. The van der Waals surface area contributed by atoms with Crippen molar-refractivity contribution in [1.82, 2.24) is 10.3 Å². The molecule has 5 nitrogen and oxygen atoms in total. The standard InChI is InChI=1S/C18H20N2O3/c1-11-2-4-12(5-3-11)18-20-13(10-22-18)9-19-17(21)15-8-14-6-7-16(15)23-14/h2-5,10,14-16H,6-9H2,1H3,(H,19,21)/t14-,15-,16-/m1/s1. The minimum Gasteiger partial charge on any atom is -0.444 e. The van der Waals surface area contributed by atoms with Crippen LogP contribution in [-0.4, -0.2) is 23.1 Å². The highest BCUT2D eigenvalue weighted by atomic mass is 16.5. The lowest BCUT2D eigenvalue weighted by atomic mass is 9.88. The van der Waals surface area contributed by atoms with Crippen molar-refractivity contribution in [3.8, 4) is 11.5 Å². The first-order valence-electron chi connectivity index (χ1n) is 8.13. The molecule has 1 aromatic heterocycles. The molecule has 0 saturated carbocycles. The summed E-state index contributed by atoms with van der Waals surface area (Å²) in [5.74, 6) is 0.645.